The van der Waals surface area contributed by atoms with Gasteiger partial charge in [0, 0.05) is 15.3 Å². The van der Waals surface area contributed by atoms with Crippen LogP contribution in [0, 0.1) is 19.7 Å². The third-order valence-corrected chi connectivity index (χ3v) is 3.97. The maximum absolute atomic E-state index is 13.6. The van der Waals surface area contributed by atoms with Crippen molar-refractivity contribution in [2.24, 2.45) is 5.73 Å². The van der Waals surface area contributed by atoms with Gasteiger partial charge in [0.15, 0.2) is 0 Å². The summed E-state index contributed by atoms with van der Waals surface area (Å²) >= 11 is 1.63. The zero-order valence-electron chi connectivity index (χ0n) is 9.33. The Morgan fingerprint density at radius 3 is 2.50 bits per heavy atom. The largest absolute Gasteiger partial charge is 0.320 e. The molecule has 1 aromatic carbocycles. The minimum Gasteiger partial charge on any atom is -0.320 e. The zero-order valence-corrected chi connectivity index (χ0v) is 10.1. The fourth-order valence-electron chi connectivity index (χ4n) is 1.64. The summed E-state index contributed by atoms with van der Waals surface area (Å²) in [6.45, 7) is 4.10. The number of thiophene rings is 1. The van der Waals surface area contributed by atoms with E-state index in [9.17, 15) is 4.39 Å². The highest BCUT2D eigenvalue weighted by Crippen LogP contribution is 2.30. The Balaban J connectivity index is 2.39. The van der Waals surface area contributed by atoms with Crippen molar-refractivity contribution in [3.8, 4) is 0 Å². The fourth-order valence-corrected chi connectivity index (χ4v) is 2.70. The third kappa shape index (κ3) is 2.01. The Morgan fingerprint density at radius 1 is 1.25 bits per heavy atom. The lowest BCUT2D eigenvalue weighted by molar-refractivity contribution is 0.601. The van der Waals surface area contributed by atoms with Gasteiger partial charge < -0.3 is 5.73 Å². The number of nitrogens with two attached hydrogens (primary N) is 1. The highest BCUT2D eigenvalue weighted by molar-refractivity contribution is 7.12. The molecule has 0 bridgehead atoms. The van der Waals surface area contributed by atoms with Gasteiger partial charge in [-0.2, -0.15) is 0 Å². The van der Waals surface area contributed by atoms with Crippen LogP contribution in [-0.4, -0.2) is 0 Å². The molecule has 0 saturated heterocycles. The Hall–Kier alpha value is -1.19. The van der Waals surface area contributed by atoms with E-state index in [1.54, 1.807) is 23.5 Å². The zero-order chi connectivity index (χ0) is 11.7. The van der Waals surface area contributed by atoms with E-state index in [2.05, 4.69) is 6.92 Å². The van der Waals surface area contributed by atoms with E-state index in [1.807, 2.05) is 19.1 Å². The normalized spacial score (nSPS) is 12.8. The second-order valence-corrected chi connectivity index (χ2v) is 5.18. The van der Waals surface area contributed by atoms with Gasteiger partial charge in [-0.3, -0.25) is 0 Å². The van der Waals surface area contributed by atoms with E-state index in [4.69, 9.17) is 5.73 Å². The summed E-state index contributed by atoms with van der Waals surface area (Å²) in [7, 11) is 0. The summed E-state index contributed by atoms with van der Waals surface area (Å²) in [4.78, 5) is 2.25. The van der Waals surface area contributed by atoms with Crippen molar-refractivity contribution in [1.29, 1.82) is 0 Å². The highest BCUT2D eigenvalue weighted by atomic mass is 32.1. The smallest absolute Gasteiger partial charge is 0.128 e. The molecule has 0 radical (unpaired) electrons. The second kappa shape index (κ2) is 4.36. The van der Waals surface area contributed by atoms with Gasteiger partial charge in [-0.25, -0.2) is 4.39 Å². The van der Waals surface area contributed by atoms with Gasteiger partial charge in [0.25, 0.3) is 0 Å². The van der Waals surface area contributed by atoms with Crippen LogP contribution in [0.1, 0.15) is 26.9 Å². The van der Waals surface area contributed by atoms with Crippen molar-refractivity contribution in [3.63, 3.8) is 0 Å². The first kappa shape index (κ1) is 11.3. The van der Waals surface area contributed by atoms with E-state index in [-0.39, 0.29) is 11.9 Å². The average molecular weight is 235 g/mol. The van der Waals surface area contributed by atoms with Crippen LogP contribution in [0.15, 0.2) is 30.3 Å². The van der Waals surface area contributed by atoms with Gasteiger partial charge >= 0.3 is 0 Å². The Bertz CT molecular complexity index is 485. The maximum atomic E-state index is 13.6. The molecule has 1 atom stereocenters. The van der Waals surface area contributed by atoms with Crippen LogP contribution in [0.2, 0.25) is 0 Å². The second-order valence-electron chi connectivity index (χ2n) is 3.89. The monoisotopic (exact) mass is 235 g/mol. The molecular formula is C13H14FNS. The lowest BCUT2D eigenvalue weighted by Gasteiger charge is -2.10. The van der Waals surface area contributed by atoms with Crippen molar-refractivity contribution < 1.29 is 4.39 Å². The first-order valence-corrected chi connectivity index (χ1v) is 5.98. The summed E-state index contributed by atoms with van der Waals surface area (Å²) in [6, 6.07) is 8.35. The van der Waals surface area contributed by atoms with Crippen molar-refractivity contribution in [2.45, 2.75) is 19.9 Å². The van der Waals surface area contributed by atoms with Crippen molar-refractivity contribution in [3.05, 3.63) is 57.0 Å². The van der Waals surface area contributed by atoms with Crippen LogP contribution in [0.3, 0.4) is 0 Å². The highest BCUT2D eigenvalue weighted by Gasteiger charge is 2.15. The number of rotatable bonds is 2. The molecule has 0 spiro atoms. The van der Waals surface area contributed by atoms with Crippen LogP contribution >= 0.6 is 11.3 Å². The Kier molecular flexibility index (Phi) is 3.08. The van der Waals surface area contributed by atoms with Crippen molar-refractivity contribution >= 4 is 11.3 Å². The summed E-state index contributed by atoms with van der Waals surface area (Å²) in [5.74, 6) is -0.237. The van der Waals surface area contributed by atoms with Crippen LogP contribution in [0.5, 0.6) is 0 Å². The molecule has 0 saturated carbocycles. The molecule has 0 aliphatic carbocycles. The standard InChI is InChI=1S/C13H14FNS/c1-8-7-12(16-9(8)2)13(15)10-5-3-4-6-11(10)14/h3-7,13H,15H2,1-2H3. The predicted molar refractivity (Wildman–Crippen MR) is 66.2 cm³/mol. The number of benzene rings is 1. The summed E-state index contributed by atoms with van der Waals surface area (Å²) in [6.07, 6.45) is 0. The Morgan fingerprint density at radius 2 is 1.94 bits per heavy atom. The first-order valence-electron chi connectivity index (χ1n) is 5.16. The van der Waals surface area contributed by atoms with E-state index in [1.165, 1.54) is 16.5 Å². The molecule has 1 heterocycles. The van der Waals surface area contributed by atoms with Gasteiger partial charge in [-0.05, 0) is 31.5 Å². The number of halogens is 1. The van der Waals surface area contributed by atoms with E-state index < -0.39 is 0 Å². The molecule has 0 aliphatic heterocycles. The molecule has 16 heavy (non-hydrogen) atoms. The van der Waals surface area contributed by atoms with E-state index in [0.29, 0.717) is 5.56 Å². The fraction of sp³-hybridized carbons (Fsp3) is 0.231. The maximum Gasteiger partial charge on any atom is 0.128 e. The molecular weight excluding hydrogens is 221 g/mol. The van der Waals surface area contributed by atoms with Crippen LogP contribution in [0.4, 0.5) is 4.39 Å². The molecule has 1 unspecified atom stereocenters. The molecule has 0 fully saturated rings. The van der Waals surface area contributed by atoms with Crippen LogP contribution in [0.25, 0.3) is 0 Å². The predicted octanol–water partition coefficient (Wildman–Crippen LogP) is 3.55. The van der Waals surface area contributed by atoms with Gasteiger partial charge in [-0.15, -0.1) is 11.3 Å². The molecule has 2 rings (SSSR count). The SMILES string of the molecule is Cc1cc(C(N)c2ccccc2F)sc1C. The van der Waals surface area contributed by atoms with Gasteiger partial charge in [0.1, 0.15) is 5.82 Å². The molecule has 0 aliphatic rings. The first-order chi connectivity index (χ1) is 7.59. The van der Waals surface area contributed by atoms with Crippen LogP contribution < -0.4 is 5.73 Å². The average Bonchev–Trinajstić information content (AvgIpc) is 2.59. The summed E-state index contributed by atoms with van der Waals surface area (Å²) < 4.78 is 13.6. The molecule has 3 heteroatoms. The van der Waals surface area contributed by atoms with Crippen LogP contribution in [-0.2, 0) is 0 Å². The lowest BCUT2D eigenvalue weighted by atomic mass is 10.1. The lowest BCUT2D eigenvalue weighted by Crippen LogP contribution is -2.11. The van der Waals surface area contributed by atoms with Gasteiger partial charge in [0.05, 0.1) is 6.04 Å². The molecule has 1 nitrogen and oxygen atoms in total. The number of aryl methyl sites for hydroxylation is 2. The molecule has 84 valence electrons. The van der Waals surface area contributed by atoms with E-state index >= 15 is 0 Å². The molecule has 1 aromatic heterocycles. The third-order valence-electron chi connectivity index (χ3n) is 2.73. The molecule has 2 N–H and O–H groups in total. The molecule has 0 amide bonds. The van der Waals surface area contributed by atoms with E-state index in [0.717, 1.165) is 4.88 Å². The van der Waals surface area contributed by atoms with Crippen molar-refractivity contribution in [1.82, 2.24) is 0 Å². The Labute approximate surface area is 98.7 Å². The minimum absolute atomic E-state index is 0.237. The topological polar surface area (TPSA) is 26.0 Å². The quantitative estimate of drug-likeness (QED) is 0.846. The number of hydrogen-bond acceptors (Lipinski definition) is 2. The summed E-state index contributed by atoms with van der Waals surface area (Å²) in [5.41, 5.74) is 7.84. The van der Waals surface area contributed by atoms with Gasteiger partial charge in [0.2, 0.25) is 0 Å². The number of hydrogen-bond donors (Lipinski definition) is 1. The van der Waals surface area contributed by atoms with Gasteiger partial charge in [-0.1, -0.05) is 18.2 Å². The summed E-state index contributed by atoms with van der Waals surface area (Å²) in [5, 5.41) is 0. The van der Waals surface area contributed by atoms with Crippen molar-refractivity contribution in [2.75, 3.05) is 0 Å². The molecule has 2 aromatic rings. The minimum atomic E-state index is -0.362.